The number of ether oxygens (including phenoxy) is 2. The third kappa shape index (κ3) is 8.39. The van der Waals surface area contributed by atoms with E-state index in [0.29, 0.717) is 29.6 Å². The van der Waals surface area contributed by atoms with Gasteiger partial charge in [-0.25, -0.2) is 4.98 Å². The zero-order valence-corrected chi connectivity index (χ0v) is 34.1. The first kappa shape index (κ1) is 39.5. The van der Waals surface area contributed by atoms with Crippen molar-refractivity contribution in [3.63, 3.8) is 0 Å². The van der Waals surface area contributed by atoms with Crippen LogP contribution in [0.25, 0.3) is 5.70 Å². The topological polar surface area (TPSA) is 172 Å². The van der Waals surface area contributed by atoms with Crippen molar-refractivity contribution in [2.75, 3.05) is 27.0 Å². The molecule has 0 aromatic carbocycles. The van der Waals surface area contributed by atoms with E-state index in [0.717, 1.165) is 5.70 Å². The molecular weight excluding hydrogens is 720 g/mol. The molecule has 9 unspecified atom stereocenters. The Kier molecular flexibility index (Phi) is 12.1. The molecule has 2 saturated heterocycles. The first-order chi connectivity index (χ1) is 23.4. The van der Waals surface area contributed by atoms with Crippen LogP contribution in [0.1, 0.15) is 53.0 Å². The van der Waals surface area contributed by atoms with Crippen molar-refractivity contribution in [2.24, 2.45) is 16.8 Å². The average molecular weight is 774 g/mol. The fraction of sp³-hybridized carbons (Fsp3) is 0.710. The third-order valence-electron chi connectivity index (χ3n) is 10.1. The molecule has 10 atom stereocenters. The summed E-state index contributed by atoms with van der Waals surface area (Å²) in [5, 5.41) is 17.2. The van der Waals surface area contributed by atoms with Crippen molar-refractivity contribution in [3.8, 4) is 0 Å². The smallest absolute Gasteiger partial charge is 0.328 e. The van der Waals surface area contributed by atoms with E-state index in [2.05, 4.69) is 68.0 Å². The third-order valence-corrected chi connectivity index (χ3v) is 17.3. The quantitative estimate of drug-likeness (QED) is 0.117. The summed E-state index contributed by atoms with van der Waals surface area (Å²) in [5.74, 6) is 0.783. The highest BCUT2D eigenvalue weighted by atomic mass is 32.4. The number of aliphatic imine (C=N–C) groups is 1. The van der Waals surface area contributed by atoms with Crippen LogP contribution in [0.3, 0.4) is 0 Å². The van der Waals surface area contributed by atoms with Gasteiger partial charge in [-0.1, -0.05) is 47.8 Å². The minimum absolute atomic E-state index is 0.0320. The number of fused-ring (bicyclic) bond motifs is 4. The minimum atomic E-state index is -3.75. The fourth-order valence-electron chi connectivity index (χ4n) is 6.15. The number of guanidine groups is 1. The van der Waals surface area contributed by atoms with E-state index < -0.39 is 59.8 Å². The molecule has 1 saturated carbocycles. The lowest BCUT2D eigenvalue weighted by Crippen LogP contribution is -2.52. The minimum Gasteiger partial charge on any atom is -0.409 e. The molecule has 4 heterocycles. The summed E-state index contributed by atoms with van der Waals surface area (Å²) >= 11 is 5.81. The second kappa shape index (κ2) is 15.3. The van der Waals surface area contributed by atoms with Gasteiger partial charge in [0.25, 0.3) is 0 Å². The summed E-state index contributed by atoms with van der Waals surface area (Å²) in [5.41, 5.74) is 1.82. The molecule has 1 aromatic heterocycles. The molecule has 1 aromatic rings. The second-order valence-electron chi connectivity index (χ2n) is 15.0. The van der Waals surface area contributed by atoms with E-state index in [4.69, 9.17) is 54.2 Å². The molecule has 4 aliphatic rings. The van der Waals surface area contributed by atoms with Gasteiger partial charge >= 0.3 is 7.60 Å². The predicted molar refractivity (Wildman–Crippen MR) is 200 cm³/mol. The molecule has 15 nitrogen and oxygen atoms in total. The lowest BCUT2D eigenvalue weighted by Gasteiger charge is -2.41. The van der Waals surface area contributed by atoms with E-state index in [1.54, 1.807) is 10.9 Å². The van der Waals surface area contributed by atoms with E-state index in [9.17, 15) is 4.57 Å². The number of hydrogen-bond donors (Lipinski definition) is 4. The summed E-state index contributed by atoms with van der Waals surface area (Å²) in [6.45, 7) is 24.6. The van der Waals surface area contributed by atoms with Crippen LogP contribution in [-0.4, -0.2) is 93.7 Å². The van der Waals surface area contributed by atoms with Gasteiger partial charge in [0, 0.05) is 25.4 Å². The average Bonchev–Trinajstić information content (AvgIpc) is 3.68. The van der Waals surface area contributed by atoms with E-state index in [-0.39, 0.29) is 36.1 Å². The van der Waals surface area contributed by atoms with Crippen LogP contribution in [0, 0.1) is 17.2 Å². The van der Waals surface area contributed by atoms with Crippen molar-refractivity contribution in [1.82, 2.24) is 25.5 Å². The molecule has 0 spiro atoms. The molecular formula is C31H53N7O8P2SSi. The van der Waals surface area contributed by atoms with Crippen molar-refractivity contribution in [3.05, 3.63) is 30.9 Å². The molecule has 3 aliphatic heterocycles. The molecule has 0 amide bonds. The Morgan fingerprint density at radius 2 is 2.02 bits per heavy atom. The first-order valence-electron chi connectivity index (χ1n) is 16.8. The number of methoxy groups -OCH3 is 1. The highest BCUT2D eigenvalue weighted by Crippen LogP contribution is 2.53. The zero-order chi connectivity index (χ0) is 36.8. The van der Waals surface area contributed by atoms with E-state index in [1.165, 1.54) is 20.1 Å². The van der Waals surface area contributed by atoms with Gasteiger partial charge in [-0.2, -0.15) is 4.99 Å². The molecule has 4 N–H and O–H groups in total. The van der Waals surface area contributed by atoms with Crippen LogP contribution in [0.15, 0.2) is 30.2 Å². The van der Waals surface area contributed by atoms with Gasteiger partial charge in [0.1, 0.15) is 24.0 Å². The number of aromatic nitrogens is 2. The van der Waals surface area contributed by atoms with Crippen LogP contribution in [-0.2, 0) is 48.4 Å². The van der Waals surface area contributed by atoms with Gasteiger partial charge in [-0.05, 0) is 42.3 Å². The van der Waals surface area contributed by atoms with Gasteiger partial charge in [0.15, 0.2) is 27.5 Å². The number of nitrogens with zero attached hydrogens (tertiary/aromatic N) is 3. The molecule has 3 fully saturated rings. The number of allylic oxidation sites excluding steroid dienone is 1. The standard InChI is InChI=1S/C31H53N7O8P2SSi/c1-17(2)18(3)35-30-36-19(4)23-28(37-30)38(16-34-23)29-27-26(40-8)22(43-29)14-41-47(49)44-24-20(13-42-48(9,39)45-27)12-21(33-15-32)25(24)46-50(10,11)31(5,6)7/h15-17,20-22,24-27,29,47H,3-4,12-14H2,1-2,5-11H3,(H2,32,33)(H2,35,36,37)/t20?,21?,22?,24?,25?,26?,27?,29?,48-/m0/s1. The van der Waals surface area contributed by atoms with Crippen molar-refractivity contribution < 1.29 is 36.6 Å². The van der Waals surface area contributed by atoms with Gasteiger partial charge < -0.3 is 43.4 Å². The monoisotopic (exact) mass is 773 g/mol. The van der Waals surface area contributed by atoms with Gasteiger partial charge in [0.2, 0.25) is 5.96 Å². The number of nitrogens with one attached hydrogen (secondary N) is 4. The maximum absolute atomic E-state index is 14.2. The molecule has 19 heteroatoms. The normalized spacial score (nSPS) is 35.1. The van der Waals surface area contributed by atoms with Gasteiger partial charge in [0.05, 0.1) is 49.8 Å². The summed E-state index contributed by atoms with van der Waals surface area (Å²) < 4.78 is 60.5. The van der Waals surface area contributed by atoms with Crippen LogP contribution in [0.2, 0.25) is 18.1 Å². The molecule has 280 valence electrons. The highest BCUT2D eigenvalue weighted by Gasteiger charge is 2.53. The van der Waals surface area contributed by atoms with Crippen LogP contribution >= 0.6 is 14.7 Å². The number of imidazole rings is 1. The summed E-state index contributed by atoms with van der Waals surface area (Å²) in [4.78, 5) is 9.32. The Morgan fingerprint density at radius 3 is 2.66 bits per heavy atom. The highest BCUT2D eigenvalue weighted by molar-refractivity contribution is 8.00. The molecule has 5 rings (SSSR count). The summed E-state index contributed by atoms with van der Waals surface area (Å²) in [7, 11) is -6.79. The maximum Gasteiger partial charge on any atom is 0.328 e. The number of hydrogen-bond acceptors (Lipinski definition) is 14. The predicted octanol–water partition coefficient (Wildman–Crippen LogP) is 5.24. The lowest BCUT2D eigenvalue weighted by molar-refractivity contribution is -0.0520. The molecule has 1 aliphatic carbocycles. The summed E-state index contributed by atoms with van der Waals surface area (Å²) in [6.07, 6.45) is -0.858. The van der Waals surface area contributed by atoms with Crippen LogP contribution in [0.5, 0.6) is 0 Å². The SMILES string of the molecule is C=C1NC(NC(=C)C(C)C)=Nc2c1ncn2C1OC2CO[PH](=S)OC3C(CO[P@](C)(=O)OC1C2OC)CC(NC=N)C3O[Si](C)(C)C(C)(C)C. The first-order valence-corrected chi connectivity index (χ1v) is 24.1. The Bertz CT molecular complexity index is 1570. The Morgan fingerprint density at radius 1 is 1.30 bits per heavy atom. The van der Waals surface area contributed by atoms with E-state index in [1.807, 2.05) is 13.8 Å². The van der Waals surface area contributed by atoms with E-state index >= 15 is 0 Å². The van der Waals surface area contributed by atoms with Gasteiger partial charge in [-0.15, -0.1) is 0 Å². The summed E-state index contributed by atoms with van der Waals surface area (Å²) in [6, 6.07) is -0.244. The Balaban J connectivity index is 1.45. The van der Waals surface area contributed by atoms with Crippen molar-refractivity contribution >= 4 is 58.7 Å². The van der Waals surface area contributed by atoms with Crippen LogP contribution in [0.4, 0.5) is 5.82 Å². The molecule has 0 radical (unpaired) electrons. The largest absolute Gasteiger partial charge is 0.409 e. The van der Waals surface area contributed by atoms with Crippen molar-refractivity contribution in [1.29, 1.82) is 5.41 Å². The number of rotatable bonds is 8. The van der Waals surface area contributed by atoms with Gasteiger partial charge in [-0.3, -0.25) is 19.1 Å². The van der Waals surface area contributed by atoms with Crippen molar-refractivity contribution in [2.45, 2.75) is 102 Å². The second-order valence-corrected chi connectivity index (χ2v) is 23.8. The van der Waals surface area contributed by atoms with Crippen LogP contribution < -0.4 is 16.0 Å². The Hall–Kier alpha value is -1.75. The fourth-order valence-corrected chi connectivity index (χ4v) is 10.1. The molecule has 50 heavy (non-hydrogen) atoms. The molecule has 2 bridgehead atoms. The lowest BCUT2D eigenvalue weighted by atomic mass is 10.1. The zero-order valence-electron chi connectivity index (χ0n) is 30.3. The maximum atomic E-state index is 14.2. The Labute approximate surface area is 302 Å².